The number of amides is 1. The average Bonchev–Trinajstić information content (AvgIpc) is 3.11. The van der Waals surface area contributed by atoms with Gasteiger partial charge >= 0.3 is 5.97 Å². The molecule has 3 atom stereocenters. The molecule has 1 amide bonds. The number of allylic oxidation sites excluding steroid dienone is 3. The SMILES string of the molecule is C=C(F)/C(Cl)=C\CCC[C@@H]1C[C@H](CC(C)(C)C)N[C@H]1C(=O)Nc1ccc(C(=O)OC)cc1. The van der Waals surface area contributed by atoms with E-state index in [0.717, 1.165) is 25.7 Å². The Morgan fingerprint density at radius 3 is 2.53 bits per heavy atom. The highest BCUT2D eigenvalue weighted by Crippen LogP contribution is 2.33. The number of hydrogen-bond acceptors (Lipinski definition) is 4. The second-order valence-corrected chi connectivity index (χ2v) is 9.96. The zero-order valence-electron chi connectivity index (χ0n) is 19.3. The molecule has 1 aliphatic rings. The van der Waals surface area contributed by atoms with Gasteiger partial charge in [-0.1, -0.05) is 45.0 Å². The van der Waals surface area contributed by atoms with Crippen molar-refractivity contribution < 1.29 is 18.7 Å². The minimum absolute atomic E-state index is 0.0462. The first kappa shape index (κ1) is 26.1. The smallest absolute Gasteiger partial charge is 0.337 e. The molecule has 1 saturated heterocycles. The number of hydrogen-bond donors (Lipinski definition) is 2. The summed E-state index contributed by atoms with van der Waals surface area (Å²) in [7, 11) is 1.33. The average molecular weight is 465 g/mol. The highest BCUT2D eigenvalue weighted by molar-refractivity contribution is 6.31. The third-order valence-corrected chi connectivity index (χ3v) is 5.91. The van der Waals surface area contributed by atoms with Crippen LogP contribution in [-0.4, -0.2) is 31.1 Å². The van der Waals surface area contributed by atoms with E-state index in [4.69, 9.17) is 16.3 Å². The number of halogens is 2. The molecule has 2 rings (SSSR count). The summed E-state index contributed by atoms with van der Waals surface area (Å²) in [6, 6.07) is 6.56. The Hall–Kier alpha value is -2.18. The molecule has 176 valence electrons. The van der Waals surface area contributed by atoms with Gasteiger partial charge in [0.25, 0.3) is 0 Å². The van der Waals surface area contributed by atoms with E-state index in [-0.39, 0.29) is 34.4 Å². The Labute approximate surface area is 195 Å². The summed E-state index contributed by atoms with van der Waals surface area (Å²) < 4.78 is 17.7. The van der Waals surface area contributed by atoms with Crippen molar-refractivity contribution in [3.63, 3.8) is 0 Å². The van der Waals surface area contributed by atoms with Gasteiger partial charge < -0.3 is 15.4 Å². The van der Waals surface area contributed by atoms with Crippen LogP contribution in [0.3, 0.4) is 0 Å². The van der Waals surface area contributed by atoms with Gasteiger partial charge in [0, 0.05) is 11.7 Å². The van der Waals surface area contributed by atoms with Crippen LogP contribution in [-0.2, 0) is 9.53 Å². The summed E-state index contributed by atoms with van der Waals surface area (Å²) in [5, 5.41) is 6.53. The van der Waals surface area contributed by atoms with E-state index in [0.29, 0.717) is 17.7 Å². The molecule has 0 saturated carbocycles. The van der Waals surface area contributed by atoms with Crippen LogP contribution in [0.15, 0.2) is 47.8 Å². The predicted octanol–water partition coefficient (Wildman–Crippen LogP) is 5.97. The first-order valence-electron chi connectivity index (χ1n) is 11.0. The van der Waals surface area contributed by atoms with Crippen LogP contribution in [0.4, 0.5) is 10.1 Å². The van der Waals surface area contributed by atoms with E-state index in [1.807, 2.05) is 0 Å². The molecule has 0 aromatic heterocycles. The summed E-state index contributed by atoms with van der Waals surface area (Å²) in [5.41, 5.74) is 1.20. The van der Waals surface area contributed by atoms with Gasteiger partial charge in [-0.3, -0.25) is 4.79 Å². The summed E-state index contributed by atoms with van der Waals surface area (Å²) in [6.45, 7) is 9.77. The maximum atomic E-state index is 13.1. The van der Waals surface area contributed by atoms with E-state index in [9.17, 15) is 14.0 Å². The molecule has 0 bridgehead atoms. The second-order valence-electron chi connectivity index (χ2n) is 9.55. The first-order chi connectivity index (χ1) is 15.0. The molecular formula is C25H34ClFN2O3. The molecule has 1 aliphatic heterocycles. The van der Waals surface area contributed by atoms with Crippen molar-refractivity contribution in [2.75, 3.05) is 12.4 Å². The minimum Gasteiger partial charge on any atom is -0.465 e. The van der Waals surface area contributed by atoms with Gasteiger partial charge in [-0.25, -0.2) is 9.18 Å². The highest BCUT2D eigenvalue weighted by Gasteiger charge is 2.38. The van der Waals surface area contributed by atoms with Gasteiger partial charge in [0.1, 0.15) is 5.83 Å². The molecule has 32 heavy (non-hydrogen) atoms. The number of carbonyl (C=O) groups is 2. The van der Waals surface area contributed by atoms with Gasteiger partial charge in [0.15, 0.2) is 0 Å². The molecule has 1 aromatic carbocycles. The quantitative estimate of drug-likeness (QED) is 0.268. The lowest BCUT2D eigenvalue weighted by Crippen LogP contribution is -2.42. The Kier molecular flexibility index (Phi) is 9.47. The summed E-state index contributed by atoms with van der Waals surface area (Å²) >= 11 is 5.80. The molecule has 7 heteroatoms. The molecular weight excluding hydrogens is 431 g/mol. The fourth-order valence-corrected chi connectivity index (χ4v) is 4.27. The molecule has 0 unspecified atom stereocenters. The number of ether oxygens (including phenoxy) is 1. The van der Waals surface area contributed by atoms with Crippen LogP contribution in [0.25, 0.3) is 0 Å². The van der Waals surface area contributed by atoms with Gasteiger partial charge in [-0.05, 0) is 67.7 Å². The molecule has 0 spiro atoms. The van der Waals surface area contributed by atoms with Crippen molar-refractivity contribution in [2.24, 2.45) is 11.3 Å². The largest absolute Gasteiger partial charge is 0.465 e. The summed E-state index contributed by atoms with van der Waals surface area (Å²) in [5.74, 6) is -0.980. The highest BCUT2D eigenvalue weighted by atomic mass is 35.5. The normalized spacial score (nSPS) is 21.3. The lowest BCUT2D eigenvalue weighted by molar-refractivity contribution is -0.118. The van der Waals surface area contributed by atoms with Gasteiger partial charge in [-0.15, -0.1) is 0 Å². The molecule has 1 fully saturated rings. The number of unbranched alkanes of at least 4 members (excludes halogenated alkanes) is 1. The number of anilines is 1. The second kappa shape index (κ2) is 11.6. The third-order valence-electron chi connectivity index (χ3n) is 5.55. The van der Waals surface area contributed by atoms with Crippen molar-refractivity contribution in [1.29, 1.82) is 0 Å². The van der Waals surface area contributed by atoms with Crippen molar-refractivity contribution >= 4 is 29.2 Å². The number of rotatable bonds is 9. The number of nitrogens with one attached hydrogen (secondary N) is 2. The van der Waals surface area contributed by atoms with E-state index in [2.05, 4.69) is 38.0 Å². The number of carbonyl (C=O) groups excluding carboxylic acids is 2. The van der Waals surface area contributed by atoms with Crippen LogP contribution in [0.5, 0.6) is 0 Å². The first-order valence-corrected chi connectivity index (χ1v) is 11.3. The molecule has 1 aromatic rings. The zero-order chi connectivity index (χ0) is 23.9. The fourth-order valence-electron chi connectivity index (χ4n) is 4.16. The Balaban J connectivity index is 2.04. The predicted molar refractivity (Wildman–Crippen MR) is 127 cm³/mol. The maximum Gasteiger partial charge on any atom is 0.337 e. The van der Waals surface area contributed by atoms with Crippen molar-refractivity contribution in [3.8, 4) is 0 Å². The third kappa shape index (κ3) is 8.06. The van der Waals surface area contributed by atoms with Crippen LogP contribution in [0, 0.1) is 11.3 Å². The van der Waals surface area contributed by atoms with Gasteiger partial charge in [0.2, 0.25) is 5.91 Å². The topological polar surface area (TPSA) is 67.4 Å². The molecule has 0 aliphatic carbocycles. The summed E-state index contributed by atoms with van der Waals surface area (Å²) in [6.07, 6.45) is 5.77. The zero-order valence-corrected chi connectivity index (χ0v) is 20.1. The van der Waals surface area contributed by atoms with E-state index in [1.165, 1.54) is 7.11 Å². The Bertz CT molecular complexity index is 846. The summed E-state index contributed by atoms with van der Waals surface area (Å²) in [4.78, 5) is 24.7. The molecule has 1 heterocycles. The van der Waals surface area contributed by atoms with Crippen molar-refractivity contribution in [1.82, 2.24) is 5.32 Å². The van der Waals surface area contributed by atoms with E-state index < -0.39 is 11.8 Å². The standard InChI is InChI=1S/C25H34ClFN2O3/c1-16(27)21(26)9-7-6-8-18-14-20(15-25(2,3)4)28-22(18)23(30)29-19-12-10-17(11-13-19)24(31)32-5/h9-13,18,20,22,28H,1,6-8,14-15H2,2-5H3,(H,29,30)/b21-9+/t18-,20-,22-/m1/s1. The van der Waals surface area contributed by atoms with Crippen molar-refractivity contribution in [2.45, 2.75) is 65.0 Å². The Morgan fingerprint density at radius 2 is 1.97 bits per heavy atom. The molecule has 2 N–H and O–H groups in total. The number of methoxy groups -OCH3 is 1. The van der Waals surface area contributed by atoms with Crippen molar-refractivity contribution in [3.05, 3.63) is 53.3 Å². The lowest BCUT2D eigenvalue weighted by Gasteiger charge is -2.23. The van der Waals surface area contributed by atoms with E-state index >= 15 is 0 Å². The Morgan fingerprint density at radius 1 is 1.31 bits per heavy atom. The van der Waals surface area contributed by atoms with Crippen LogP contribution < -0.4 is 10.6 Å². The number of esters is 1. The van der Waals surface area contributed by atoms with Crippen LogP contribution in [0.1, 0.15) is 63.2 Å². The monoisotopic (exact) mass is 464 g/mol. The number of benzene rings is 1. The maximum absolute atomic E-state index is 13.1. The van der Waals surface area contributed by atoms with Crippen LogP contribution in [0.2, 0.25) is 0 Å². The van der Waals surface area contributed by atoms with E-state index in [1.54, 1.807) is 30.3 Å². The van der Waals surface area contributed by atoms with Gasteiger partial charge in [-0.2, -0.15) is 0 Å². The molecule has 0 radical (unpaired) electrons. The lowest BCUT2D eigenvalue weighted by atomic mass is 9.85. The minimum atomic E-state index is -0.630. The van der Waals surface area contributed by atoms with Gasteiger partial charge in [0.05, 0.1) is 23.7 Å². The molecule has 5 nitrogen and oxygen atoms in total. The fraction of sp³-hybridized carbons (Fsp3) is 0.520. The van der Waals surface area contributed by atoms with Crippen LogP contribution >= 0.6 is 11.6 Å².